The van der Waals surface area contributed by atoms with E-state index in [9.17, 15) is 4.79 Å². The van der Waals surface area contributed by atoms with E-state index in [-0.39, 0.29) is 5.91 Å². The van der Waals surface area contributed by atoms with Crippen LogP contribution in [0, 0.1) is 6.92 Å². The van der Waals surface area contributed by atoms with Gasteiger partial charge in [-0.25, -0.2) is 0 Å². The third-order valence-corrected chi connectivity index (χ3v) is 5.45. The molecule has 6 nitrogen and oxygen atoms in total. The number of benzene rings is 1. The molecule has 1 amide bonds. The van der Waals surface area contributed by atoms with E-state index in [1.54, 1.807) is 12.4 Å². The van der Waals surface area contributed by atoms with Crippen molar-refractivity contribution in [3.05, 3.63) is 65.8 Å². The summed E-state index contributed by atoms with van der Waals surface area (Å²) in [5.74, 6) is 0.975. The van der Waals surface area contributed by atoms with Gasteiger partial charge in [-0.3, -0.25) is 9.78 Å². The Morgan fingerprint density at radius 3 is 2.71 bits per heavy atom. The zero-order valence-corrected chi connectivity index (χ0v) is 16.0. The molecule has 1 fully saturated rings. The first kappa shape index (κ1) is 18.3. The Morgan fingerprint density at radius 2 is 1.96 bits per heavy atom. The molecule has 1 aliphatic carbocycles. The zero-order valence-electron chi connectivity index (χ0n) is 16.0. The summed E-state index contributed by atoms with van der Waals surface area (Å²) in [5.41, 5.74) is 2.36. The molecule has 0 aliphatic heterocycles. The number of pyridine rings is 1. The molecule has 1 aliphatic rings. The van der Waals surface area contributed by atoms with Crippen molar-refractivity contribution in [2.24, 2.45) is 0 Å². The molecule has 2 aromatic heterocycles. The second kappa shape index (κ2) is 7.92. The lowest BCUT2D eigenvalue weighted by Gasteiger charge is -2.34. The van der Waals surface area contributed by atoms with Crippen LogP contribution >= 0.6 is 0 Å². The third kappa shape index (κ3) is 3.81. The number of aromatic nitrogens is 3. The number of rotatable bonds is 5. The van der Waals surface area contributed by atoms with E-state index in [2.05, 4.69) is 20.4 Å². The highest BCUT2D eigenvalue weighted by molar-refractivity contribution is 5.79. The fraction of sp³-hybridized carbons (Fsp3) is 0.364. The van der Waals surface area contributed by atoms with Gasteiger partial charge in [-0.05, 0) is 43.0 Å². The van der Waals surface area contributed by atoms with Gasteiger partial charge in [0.2, 0.25) is 11.7 Å². The molecular formula is C22H24N4O2. The highest BCUT2D eigenvalue weighted by Gasteiger charge is 2.40. The molecule has 0 atom stereocenters. The van der Waals surface area contributed by atoms with Crippen LogP contribution in [0.1, 0.15) is 49.1 Å². The number of hydrogen-bond donors (Lipinski definition) is 1. The first-order valence-corrected chi connectivity index (χ1v) is 9.76. The molecule has 1 saturated carbocycles. The summed E-state index contributed by atoms with van der Waals surface area (Å²) in [5, 5.41) is 7.37. The minimum Gasteiger partial charge on any atom is -0.341 e. The summed E-state index contributed by atoms with van der Waals surface area (Å²) in [4.78, 5) is 21.6. The van der Waals surface area contributed by atoms with Crippen molar-refractivity contribution in [2.75, 3.05) is 0 Å². The van der Waals surface area contributed by atoms with Gasteiger partial charge in [0.15, 0.2) is 0 Å². The smallest absolute Gasteiger partial charge is 0.252 e. The van der Waals surface area contributed by atoms with Crippen molar-refractivity contribution in [3.63, 3.8) is 0 Å². The van der Waals surface area contributed by atoms with E-state index in [1.807, 2.05) is 43.3 Å². The van der Waals surface area contributed by atoms with Gasteiger partial charge in [0.25, 0.3) is 5.89 Å². The van der Waals surface area contributed by atoms with Gasteiger partial charge in [0, 0.05) is 18.0 Å². The summed E-state index contributed by atoms with van der Waals surface area (Å²) in [6.07, 6.45) is 8.57. The number of hydrogen-bond acceptors (Lipinski definition) is 5. The highest BCUT2D eigenvalue weighted by Crippen LogP contribution is 2.37. The molecule has 6 heteroatoms. The van der Waals surface area contributed by atoms with Gasteiger partial charge in [0.1, 0.15) is 5.54 Å². The monoisotopic (exact) mass is 376 g/mol. The number of aryl methyl sites for hydroxylation is 1. The van der Waals surface area contributed by atoms with Crippen LogP contribution in [0.5, 0.6) is 0 Å². The van der Waals surface area contributed by atoms with Gasteiger partial charge in [-0.15, -0.1) is 0 Å². The van der Waals surface area contributed by atoms with Crippen molar-refractivity contribution >= 4 is 5.91 Å². The Bertz CT molecular complexity index is 946. The van der Waals surface area contributed by atoms with Gasteiger partial charge in [-0.1, -0.05) is 48.7 Å². The van der Waals surface area contributed by atoms with E-state index in [4.69, 9.17) is 4.52 Å². The Hall–Kier alpha value is -3.02. The number of nitrogens with one attached hydrogen (secondary N) is 1. The van der Waals surface area contributed by atoms with Crippen LogP contribution in [-0.2, 0) is 16.8 Å². The minimum absolute atomic E-state index is 0.0164. The SMILES string of the molecule is Cc1ccccc1CC(=O)NC1(c2nc(-c3cccnc3)no2)CCCCC1. The predicted molar refractivity (Wildman–Crippen MR) is 105 cm³/mol. The van der Waals surface area contributed by atoms with Crippen LogP contribution in [0.4, 0.5) is 0 Å². The third-order valence-electron chi connectivity index (χ3n) is 5.45. The first-order valence-electron chi connectivity index (χ1n) is 9.76. The predicted octanol–water partition coefficient (Wildman–Crippen LogP) is 3.96. The fourth-order valence-electron chi connectivity index (χ4n) is 3.87. The number of nitrogens with zero attached hydrogens (tertiary/aromatic N) is 3. The Labute approximate surface area is 164 Å². The lowest BCUT2D eigenvalue weighted by atomic mass is 9.81. The summed E-state index contributed by atoms with van der Waals surface area (Å²) in [6.45, 7) is 2.02. The normalized spacial score (nSPS) is 15.9. The van der Waals surface area contributed by atoms with Crippen LogP contribution in [0.2, 0.25) is 0 Å². The molecule has 1 N–H and O–H groups in total. The lowest BCUT2D eigenvalue weighted by Crippen LogP contribution is -2.48. The fourth-order valence-corrected chi connectivity index (χ4v) is 3.87. The molecular weight excluding hydrogens is 352 g/mol. The van der Waals surface area contributed by atoms with Crippen LogP contribution in [0.3, 0.4) is 0 Å². The molecule has 0 unspecified atom stereocenters. The van der Waals surface area contributed by atoms with Crippen LogP contribution in [0.25, 0.3) is 11.4 Å². The number of amides is 1. The maximum Gasteiger partial charge on any atom is 0.252 e. The van der Waals surface area contributed by atoms with E-state index in [0.717, 1.165) is 48.8 Å². The molecule has 2 heterocycles. The standard InChI is InChI=1S/C22H24N4O2/c1-16-8-3-4-9-17(16)14-19(27)25-22(11-5-2-6-12-22)21-24-20(26-28-21)18-10-7-13-23-15-18/h3-4,7-10,13,15H,2,5-6,11-12,14H2,1H3,(H,25,27). The van der Waals surface area contributed by atoms with Crippen molar-refractivity contribution in [1.29, 1.82) is 0 Å². The maximum absolute atomic E-state index is 12.9. The molecule has 0 radical (unpaired) electrons. The second-order valence-corrected chi connectivity index (χ2v) is 7.46. The Kier molecular flexibility index (Phi) is 5.19. The van der Waals surface area contributed by atoms with Crippen molar-refractivity contribution in [3.8, 4) is 11.4 Å². The average molecular weight is 376 g/mol. The summed E-state index contributed by atoms with van der Waals surface area (Å²) in [7, 11) is 0. The van der Waals surface area contributed by atoms with E-state index in [0.29, 0.717) is 18.1 Å². The Morgan fingerprint density at radius 1 is 1.14 bits per heavy atom. The maximum atomic E-state index is 12.9. The summed E-state index contributed by atoms with van der Waals surface area (Å²) in [6, 6.07) is 11.7. The lowest BCUT2D eigenvalue weighted by molar-refractivity contribution is -0.123. The van der Waals surface area contributed by atoms with Gasteiger partial charge >= 0.3 is 0 Å². The van der Waals surface area contributed by atoms with Crippen LogP contribution in [0.15, 0.2) is 53.3 Å². The first-order chi connectivity index (χ1) is 13.7. The Balaban J connectivity index is 1.58. The van der Waals surface area contributed by atoms with Crippen molar-refractivity contribution in [1.82, 2.24) is 20.4 Å². The van der Waals surface area contributed by atoms with E-state index >= 15 is 0 Å². The number of carbonyl (C=O) groups excluding carboxylic acids is 1. The van der Waals surface area contributed by atoms with Gasteiger partial charge < -0.3 is 9.84 Å². The quantitative estimate of drug-likeness (QED) is 0.729. The molecule has 28 heavy (non-hydrogen) atoms. The van der Waals surface area contributed by atoms with Crippen LogP contribution in [-0.4, -0.2) is 21.0 Å². The molecule has 1 aromatic carbocycles. The molecule has 144 valence electrons. The van der Waals surface area contributed by atoms with Gasteiger partial charge in [-0.2, -0.15) is 4.98 Å². The molecule has 0 bridgehead atoms. The van der Waals surface area contributed by atoms with Crippen molar-refractivity contribution < 1.29 is 9.32 Å². The summed E-state index contributed by atoms with van der Waals surface area (Å²) >= 11 is 0. The topological polar surface area (TPSA) is 80.9 Å². The van der Waals surface area contributed by atoms with E-state index < -0.39 is 5.54 Å². The second-order valence-electron chi connectivity index (χ2n) is 7.46. The number of carbonyl (C=O) groups is 1. The zero-order chi connectivity index (χ0) is 19.4. The average Bonchev–Trinajstić information content (AvgIpc) is 3.22. The minimum atomic E-state index is -0.592. The molecule has 4 rings (SSSR count). The van der Waals surface area contributed by atoms with E-state index in [1.165, 1.54) is 0 Å². The molecule has 0 spiro atoms. The van der Waals surface area contributed by atoms with Gasteiger partial charge in [0.05, 0.1) is 6.42 Å². The molecule has 0 saturated heterocycles. The highest BCUT2D eigenvalue weighted by atomic mass is 16.5. The van der Waals surface area contributed by atoms with Crippen molar-refractivity contribution in [2.45, 2.75) is 51.0 Å². The molecule has 3 aromatic rings. The van der Waals surface area contributed by atoms with Crippen LogP contribution < -0.4 is 5.32 Å². The largest absolute Gasteiger partial charge is 0.341 e. The summed E-state index contributed by atoms with van der Waals surface area (Å²) < 4.78 is 5.63.